The minimum absolute atomic E-state index is 0.183. The topological polar surface area (TPSA) is 68.2 Å². The van der Waals surface area contributed by atoms with E-state index in [4.69, 9.17) is 14.6 Å². The highest BCUT2D eigenvalue weighted by Crippen LogP contribution is 2.38. The van der Waals surface area contributed by atoms with E-state index in [-0.39, 0.29) is 18.6 Å². The molecular weight excluding hydrogens is 412 g/mol. The van der Waals surface area contributed by atoms with Crippen molar-refractivity contribution in [2.45, 2.75) is 19.4 Å². The number of amides is 1. The smallest absolute Gasteiger partial charge is 0.344 e. The van der Waals surface area contributed by atoms with Crippen LogP contribution in [0.15, 0.2) is 77.2 Å². The Balaban J connectivity index is 1.66. The summed E-state index contributed by atoms with van der Waals surface area (Å²) >= 11 is 1.59. The molecule has 0 radical (unpaired) electrons. The molecule has 0 bridgehead atoms. The molecule has 158 valence electrons. The van der Waals surface area contributed by atoms with Crippen molar-refractivity contribution in [3.05, 3.63) is 88.1 Å². The van der Waals surface area contributed by atoms with Gasteiger partial charge >= 0.3 is 5.97 Å². The lowest BCUT2D eigenvalue weighted by Crippen LogP contribution is -2.27. The van der Waals surface area contributed by atoms with Gasteiger partial charge in [-0.25, -0.2) is 9.80 Å². The molecule has 1 atom stereocenters. The Morgan fingerprint density at radius 1 is 1.06 bits per heavy atom. The number of rotatable bonds is 7. The van der Waals surface area contributed by atoms with E-state index >= 15 is 0 Å². The molecule has 1 amide bonds. The number of hydrogen-bond acceptors (Lipinski definition) is 6. The number of para-hydroxylation sites is 1. The Hall–Kier alpha value is -3.45. The number of benzene rings is 2. The van der Waals surface area contributed by atoms with Gasteiger partial charge in [-0.05, 0) is 36.6 Å². The SMILES string of the molecule is CCOC(=O)COc1ccccc1[C@@H]1CC(c2cccs2)=NN1C(=O)c1ccccc1. The standard InChI is InChI=1S/C24H22N2O4S/c1-2-29-23(27)16-30-21-12-7-6-11-18(21)20-15-19(22-13-8-14-31-22)25-26(20)24(28)17-9-4-3-5-10-17/h3-14,20H,2,15-16H2,1H3/t20-/m0/s1. The van der Waals surface area contributed by atoms with Crippen LogP contribution in [0.1, 0.15) is 40.2 Å². The number of hydrogen-bond donors (Lipinski definition) is 0. The summed E-state index contributed by atoms with van der Waals surface area (Å²) in [5.74, 6) is -0.0807. The molecule has 7 heteroatoms. The summed E-state index contributed by atoms with van der Waals surface area (Å²) in [7, 11) is 0. The summed E-state index contributed by atoms with van der Waals surface area (Å²) in [6.07, 6.45) is 0.554. The summed E-state index contributed by atoms with van der Waals surface area (Å²) in [6.45, 7) is 1.85. The van der Waals surface area contributed by atoms with Crippen molar-refractivity contribution in [2.24, 2.45) is 5.10 Å². The Morgan fingerprint density at radius 3 is 2.58 bits per heavy atom. The minimum Gasteiger partial charge on any atom is -0.482 e. The number of thiophene rings is 1. The fourth-order valence-electron chi connectivity index (χ4n) is 3.47. The van der Waals surface area contributed by atoms with Gasteiger partial charge in [0.2, 0.25) is 0 Å². The van der Waals surface area contributed by atoms with Crippen LogP contribution in [0, 0.1) is 0 Å². The monoisotopic (exact) mass is 434 g/mol. The van der Waals surface area contributed by atoms with E-state index < -0.39 is 5.97 Å². The first-order valence-corrected chi connectivity index (χ1v) is 10.9. The number of carbonyl (C=O) groups is 2. The highest BCUT2D eigenvalue weighted by molar-refractivity contribution is 7.12. The molecular formula is C24H22N2O4S. The molecule has 2 aromatic carbocycles. The average molecular weight is 435 g/mol. The van der Waals surface area contributed by atoms with Gasteiger partial charge < -0.3 is 9.47 Å². The Morgan fingerprint density at radius 2 is 1.84 bits per heavy atom. The molecule has 1 aliphatic rings. The van der Waals surface area contributed by atoms with Crippen LogP contribution >= 0.6 is 11.3 Å². The third-order valence-electron chi connectivity index (χ3n) is 4.87. The fraction of sp³-hybridized carbons (Fsp3) is 0.208. The van der Waals surface area contributed by atoms with Gasteiger partial charge in [0.1, 0.15) is 5.75 Å². The van der Waals surface area contributed by atoms with Gasteiger partial charge in [0, 0.05) is 17.5 Å². The normalized spacial score (nSPS) is 15.5. The van der Waals surface area contributed by atoms with Gasteiger partial charge in [-0.2, -0.15) is 5.10 Å². The summed E-state index contributed by atoms with van der Waals surface area (Å²) in [6, 6.07) is 20.1. The van der Waals surface area contributed by atoms with Crippen molar-refractivity contribution in [3.8, 4) is 5.75 Å². The number of esters is 1. The molecule has 4 rings (SSSR count). The van der Waals surface area contributed by atoms with Crippen molar-refractivity contribution in [1.29, 1.82) is 0 Å². The molecule has 0 N–H and O–H groups in total. The van der Waals surface area contributed by atoms with E-state index in [2.05, 4.69) is 0 Å². The quantitative estimate of drug-likeness (QED) is 0.506. The predicted octanol–water partition coefficient (Wildman–Crippen LogP) is 4.68. The van der Waals surface area contributed by atoms with Gasteiger partial charge in [0.25, 0.3) is 5.91 Å². The van der Waals surface area contributed by atoms with Crippen molar-refractivity contribution in [3.63, 3.8) is 0 Å². The second-order valence-electron chi connectivity index (χ2n) is 6.89. The Kier molecular flexibility index (Phi) is 6.43. The molecule has 2 heterocycles. The van der Waals surface area contributed by atoms with Crippen LogP contribution in [0.4, 0.5) is 0 Å². The average Bonchev–Trinajstić information content (AvgIpc) is 3.48. The van der Waals surface area contributed by atoms with E-state index in [0.29, 0.717) is 24.3 Å². The Bertz CT molecular complexity index is 1080. The largest absolute Gasteiger partial charge is 0.482 e. The molecule has 1 aliphatic heterocycles. The van der Waals surface area contributed by atoms with E-state index in [1.165, 1.54) is 5.01 Å². The van der Waals surface area contributed by atoms with E-state index in [0.717, 1.165) is 16.2 Å². The molecule has 0 saturated carbocycles. The van der Waals surface area contributed by atoms with Gasteiger partial charge in [-0.1, -0.05) is 42.5 Å². The maximum absolute atomic E-state index is 13.3. The molecule has 0 fully saturated rings. The number of nitrogens with zero attached hydrogens (tertiary/aromatic N) is 2. The van der Waals surface area contributed by atoms with E-state index in [1.54, 1.807) is 36.5 Å². The lowest BCUT2D eigenvalue weighted by atomic mass is 9.99. The van der Waals surface area contributed by atoms with Crippen LogP contribution in [0.3, 0.4) is 0 Å². The lowest BCUT2D eigenvalue weighted by Gasteiger charge is -2.24. The maximum atomic E-state index is 13.3. The zero-order valence-corrected chi connectivity index (χ0v) is 17.9. The summed E-state index contributed by atoms with van der Waals surface area (Å²) in [5, 5.41) is 8.21. The van der Waals surface area contributed by atoms with E-state index in [9.17, 15) is 9.59 Å². The highest BCUT2D eigenvalue weighted by atomic mass is 32.1. The third-order valence-corrected chi connectivity index (χ3v) is 5.79. The molecule has 0 saturated heterocycles. The molecule has 3 aromatic rings. The molecule has 6 nitrogen and oxygen atoms in total. The Labute approximate surface area is 184 Å². The highest BCUT2D eigenvalue weighted by Gasteiger charge is 2.35. The molecule has 1 aromatic heterocycles. The molecule has 31 heavy (non-hydrogen) atoms. The summed E-state index contributed by atoms with van der Waals surface area (Å²) in [5.41, 5.74) is 2.21. The third kappa shape index (κ3) is 4.67. The van der Waals surface area contributed by atoms with Crippen molar-refractivity contribution in [2.75, 3.05) is 13.2 Å². The molecule has 0 spiro atoms. The molecule has 0 unspecified atom stereocenters. The van der Waals surface area contributed by atoms with Gasteiger partial charge in [-0.3, -0.25) is 4.79 Å². The van der Waals surface area contributed by atoms with Crippen LogP contribution in [0.25, 0.3) is 0 Å². The predicted molar refractivity (Wildman–Crippen MR) is 119 cm³/mol. The minimum atomic E-state index is -0.434. The number of ether oxygens (including phenoxy) is 2. The van der Waals surface area contributed by atoms with Crippen molar-refractivity contribution >= 4 is 28.9 Å². The zero-order chi connectivity index (χ0) is 21.6. The van der Waals surface area contributed by atoms with Crippen LogP contribution in [-0.2, 0) is 9.53 Å². The van der Waals surface area contributed by atoms with Crippen molar-refractivity contribution < 1.29 is 19.1 Å². The zero-order valence-electron chi connectivity index (χ0n) is 17.1. The fourth-order valence-corrected chi connectivity index (χ4v) is 4.19. The van der Waals surface area contributed by atoms with Crippen LogP contribution in [-0.4, -0.2) is 35.8 Å². The second kappa shape index (κ2) is 9.57. The van der Waals surface area contributed by atoms with Gasteiger partial charge in [0.15, 0.2) is 6.61 Å². The van der Waals surface area contributed by atoms with Crippen LogP contribution in [0.5, 0.6) is 5.75 Å². The number of carbonyl (C=O) groups excluding carboxylic acids is 2. The number of hydrazone groups is 1. The first-order chi connectivity index (χ1) is 15.2. The summed E-state index contributed by atoms with van der Waals surface area (Å²) < 4.78 is 10.7. The summed E-state index contributed by atoms with van der Waals surface area (Å²) in [4.78, 5) is 26.1. The van der Waals surface area contributed by atoms with Gasteiger partial charge in [0.05, 0.1) is 23.2 Å². The lowest BCUT2D eigenvalue weighted by molar-refractivity contribution is -0.145. The second-order valence-corrected chi connectivity index (χ2v) is 7.84. The van der Waals surface area contributed by atoms with Crippen molar-refractivity contribution in [1.82, 2.24) is 5.01 Å². The van der Waals surface area contributed by atoms with Crippen LogP contribution < -0.4 is 4.74 Å². The maximum Gasteiger partial charge on any atom is 0.344 e. The van der Waals surface area contributed by atoms with Crippen LogP contribution in [0.2, 0.25) is 0 Å². The first-order valence-electron chi connectivity index (χ1n) is 10.0. The van der Waals surface area contributed by atoms with E-state index in [1.807, 2.05) is 53.9 Å². The molecule has 0 aliphatic carbocycles. The first kappa shape index (κ1) is 20.8. The van der Waals surface area contributed by atoms with Gasteiger partial charge in [-0.15, -0.1) is 11.3 Å².